The number of furan rings is 1. The Morgan fingerprint density at radius 3 is 2.68 bits per heavy atom. The van der Waals surface area contributed by atoms with Crippen LogP contribution in [0.3, 0.4) is 0 Å². The van der Waals surface area contributed by atoms with Gasteiger partial charge in [-0.1, -0.05) is 36.0 Å². The molecule has 0 spiro atoms. The number of benzene rings is 2. The second-order valence-electron chi connectivity index (χ2n) is 6.43. The van der Waals surface area contributed by atoms with E-state index in [4.69, 9.17) is 4.42 Å². The molecule has 1 amide bonds. The maximum atomic E-state index is 14.1. The quantitative estimate of drug-likeness (QED) is 0.345. The number of hydrogen-bond donors (Lipinski definition) is 1. The topological polar surface area (TPSA) is 91.8 Å². The second kappa shape index (κ2) is 8.93. The van der Waals surface area contributed by atoms with Gasteiger partial charge in [0.1, 0.15) is 23.3 Å². The summed E-state index contributed by atoms with van der Waals surface area (Å²) in [6.07, 6.45) is 3.23. The highest BCUT2D eigenvalue weighted by molar-refractivity contribution is 7.98. The molecule has 2 aromatic heterocycles. The van der Waals surface area contributed by atoms with Crippen LogP contribution >= 0.6 is 11.8 Å². The number of nitrogens with zero attached hydrogens (tertiary/aromatic N) is 3. The van der Waals surface area contributed by atoms with Crippen LogP contribution in [0, 0.1) is 23.0 Å². The fraction of sp³-hybridized carbons (Fsp3) is 0.0909. The molecule has 0 bridgehead atoms. The molecule has 0 aliphatic carbocycles. The van der Waals surface area contributed by atoms with Crippen molar-refractivity contribution in [3.05, 3.63) is 89.4 Å². The lowest BCUT2D eigenvalue weighted by atomic mass is 10.1. The SMILES string of the molecule is N#CC(NC(=O)c1oc2ccccc2c1CSc1ncccn1)c1ccc(F)cc1F. The van der Waals surface area contributed by atoms with Gasteiger partial charge in [0.05, 0.1) is 6.07 Å². The van der Waals surface area contributed by atoms with Crippen molar-refractivity contribution in [3.63, 3.8) is 0 Å². The van der Waals surface area contributed by atoms with Gasteiger partial charge in [0.2, 0.25) is 0 Å². The molecule has 1 N–H and O–H groups in total. The van der Waals surface area contributed by atoms with Crippen LogP contribution in [0.4, 0.5) is 8.78 Å². The standard InChI is InChI=1S/C22H14F2N4O2S/c23-13-6-7-15(17(24)10-13)18(11-25)28-21(29)20-16(12-31-22-26-8-3-9-27-22)14-4-1-2-5-19(14)30-20/h1-10,18H,12H2,(H,28,29). The maximum Gasteiger partial charge on any atom is 0.288 e. The fourth-order valence-electron chi connectivity index (χ4n) is 3.03. The van der Waals surface area contributed by atoms with E-state index in [1.165, 1.54) is 11.8 Å². The predicted octanol–water partition coefficient (Wildman–Crippen LogP) is 4.79. The van der Waals surface area contributed by atoms with Gasteiger partial charge in [-0.15, -0.1) is 0 Å². The van der Waals surface area contributed by atoms with E-state index in [2.05, 4.69) is 15.3 Å². The second-order valence-corrected chi connectivity index (χ2v) is 7.37. The fourth-order valence-corrected chi connectivity index (χ4v) is 3.86. The summed E-state index contributed by atoms with van der Waals surface area (Å²) in [4.78, 5) is 21.3. The number of carbonyl (C=O) groups excluding carboxylic acids is 1. The molecule has 0 fully saturated rings. The Morgan fingerprint density at radius 1 is 1.16 bits per heavy atom. The summed E-state index contributed by atoms with van der Waals surface area (Å²) in [5, 5.41) is 13.2. The number of rotatable bonds is 6. The van der Waals surface area contributed by atoms with E-state index in [1.807, 2.05) is 18.2 Å². The first-order valence-electron chi connectivity index (χ1n) is 9.12. The monoisotopic (exact) mass is 436 g/mol. The van der Waals surface area contributed by atoms with Crippen LogP contribution in [0.2, 0.25) is 0 Å². The van der Waals surface area contributed by atoms with Crippen molar-refractivity contribution in [3.8, 4) is 6.07 Å². The highest BCUT2D eigenvalue weighted by Gasteiger charge is 2.25. The van der Waals surface area contributed by atoms with E-state index in [0.717, 1.165) is 17.5 Å². The van der Waals surface area contributed by atoms with Crippen molar-refractivity contribution in [2.75, 3.05) is 0 Å². The number of nitrogens with one attached hydrogen (secondary N) is 1. The lowest BCUT2D eigenvalue weighted by Crippen LogP contribution is -2.28. The minimum Gasteiger partial charge on any atom is -0.451 e. The molecule has 2 aromatic carbocycles. The summed E-state index contributed by atoms with van der Waals surface area (Å²) in [6.45, 7) is 0. The lowest BCUT2D eigenvalue weighted by Gasteiger charge is -2.12. The first-order valence-corrected chi connectivity index (χ1v) is 10.1. The Kier molecular flexibility index (Phi) is 5.91. The van der Waals surface area contributed by atoms with Gasteiger partial charge in [-0.2, -0.15) is 5.26 Å². The summed E-state index contributed by atoms with van der Waals surface area (Å²) in [5.74, 6) is -2.03. The molecule has 2 heterocycles. The molecule has 4 rings (SSSR count). The molecule has 0 saturated carbocycles. The first kappa shape index (κ1) is 20.5. The van der Waals surface area contributed by atoms with Crippen molar-refractivity contribution in [2.45, 2.75) is 17.0 Å². The van der Waals surface area contributed by atoms with Crippen molar-refractivity contribution in [2.24, 2.45) is 0 Å². The number of para-hydroxylation sites is 1. The Bertz CT molecular complexity index is 1290. The molecule has 9 heteroatoms. The van der Waals surface area contributed by atoms with Gasteiger partial charge in [0.15, 0.2) is 10.9 Å². The zero-order valence-electron chi connectivity index (χ0n) is 15.9. The van der Waals surface area contributed by atoms with E-state index in [9.17, 15) is 18.8 Å². The van der Waals surface area contributed by atoms with Crippen LogP contribution in [0.15, 0.2) is 70.5 Å². The molecule has 4 aromatic rings. The van der Waals surface area contributed by atoms with Crippen molar-refractivity contribution < 1.29 is 18.0 Å². The van der Waals surface area contributed by atoms with Crippen LogP contribution in [0.5, 0.6) is 0 Å². The van der Waals surface area contributed by atoms with Crippen LogP contribution in [0.1, 0.15) is 27.7 Å². The highest BCUT2D eigenvalue weighted by atomic mass is 32.2. The van der Waals surface area contributed by atoms with E-state index in [1.54, 1.807) is 30.6 Å². The van der Waals surface area contributed by atoms with Gasteiger partial charge in [-0.05, 0) is 18.2 Å². The molecular weight excluding hydrogens is 422 g/mol. The molecule has 6 nitrogen and oxygen atoms in total. The number of fused-ring (bicyclic) bond motifs is 1. The largest absolute Gasteiger partial charge is 0.451 e. The number of halogens is 2. The predicted molar refractivity (Wildman–Crippen MR) is 110 cm³/mol. The third-order valence-corrected chi connectivity index (χ3v) is 5.37. The summed E-state index contributed by atoms with van der Waals surface area (Å²) >= 11 is 1.32. The Morgan fingerprint density at radius 2 is 1.94 bits per heavy atom. The molecule has 1 unspecified atom stereocenters. The number of aromatic nitrogens is 2. The molecular formula is C22H14F2N4O2S. The first-order chi connectivity index (χ1) is 15.1. The Hall–Kier alpha value is -3.77. The van der Waals surface area contributed by atoms with Gasteiger partial charge in [-0.25, -0.2) is 18.7 Å². The number of amides is 1. The maximum absolute atomic E-state index is 14.1. The van der Waals surface area contributed by atoms with Crippen LogP contribution < -0.4 is 5.32 Å². The minimum atomic E-state index is -1.32. The zero-order chi connectivity index (χ0) is 21.8. The molecule has 0 aliphatic rings. The Balaban J connectivity index is 1.64. The normalized spacial score (nSPS) is 11.8. The summed E-state index contributed by atoms with van der Waals surface area (Å²) in [5.41, 5.74) is 0.961. The van der Waals surface area contributed by atoms with Gasteiger partial charge in [-0.3, -0.25) is 4.79 Å². The smallest absolute Gasteiger partial charge is 0.288 e. The van der Waals surface area contributed by atoms with E-state index < -0.39 is 23.6 Å². The lowest BCUT2D eigenvalue weighted by molar-refractivity contribution is 0.0918. The summed E-state index contributed by atoms with van der Waals surface area (Å²) in [6, 6.07) is 12.2. The summed E-state index contributed by atoms with van der Waals surface area (Å²) in [7, 11) is 0. The van der Waals surface area contributed by atoms with Crippen LogP contribution in [0.25, 0.3) is 11.0 Å². The molecule has 0 radical (unpaired) electrons. The molecule has 0 aliphatic heterocycles. The van der Waals surface area contributed by atoms with Gasteiger partial charge in [0, 0.05) is 40.7 Å². The van der Waals surface area contributed by atoms with E-state index >= 15 is 0 Å². The van der Waals surface area contributed by atoms with Gasteiger partial charge >= 0.3 is 0 Å². The van der Waals surface area contributed by atoms with Crippen LogP contribution in [-0.4, -0.2) is 15.9 Å². The van der Waals surface area contributed by atoms with Crippen molar-refractivity contribution >= 4 is 28.6 Å². The van der Waals surface area contributed by atoms with Gasteiger partial charge < -0.3 is 9.73 Å². The average Bonchev–Trinajstić information content (AvgIpc) is 3.16. The summed E-state index contributed by atoms with van der Waals surface area (Å²) < 4.78 is 33.1. The van der Waals surface area contributed by atoms with Crippen molar-refractivity contribution in [1.29, 1.82) is 5.26 Å². The molecule has 154 valence electrons. The van der Waals surface area contributed by atoms with Crippen LogP contribution in [-0.2, 0) is 5.75 Å². The number of hydrogen-bond acceptors (Lipinski definition) is 6. The molecule has 31 heavy (non-hydrogen) atoms. The zero-order valence-corrected chi connectivity index (χ0v) is 16.7. The van der Waals surface area contributed by atoms with E-state index in [-0.39, 0.29) is 11.3 Å². The number of carbonyl (C=O) groups is 1. The highest BCUT2D eigenvalue weighted by Crippen LogP contribution is 2.31. The molecule has 1 atom stereocenters. The number of thioether (sulfide) groups is 1. The third kappa shape index (κ3) is 4.39. The Labute approximate surface area is 179 Å². The minimum absolute atomic E-state index is 0.00685. The van der Waals surface area contributed by atoms with Gasteiger partial charge in [0.25, 0.3) is 5.91 Å². The third-order valence-electron chi connectivity index (χ3n) is 4.47. The average molecular weight is 436 g/mol. The molecule has 0 saturated heterocycles. The number of nitriles is 1. The van der Waals surface area contributed by atoms with Crippen molar-refractivity contribution in [1.82, 2.24) is 15.3 Å². The van der Waals surface area contributed by atoms with E-state index in [0.29, 0.717) is 28.1 Å².